The van der Waals surface area contributed by atoms with Gasteiger partial charge in [-0.15, -0.1) is 0 Å². The van der Waals surface area contributed by atoms with Crippen molar-refractivity contribution in [3.63, 3.8) is 0 Å². The summed E-state index contributed by atoms with van der Waals surface area (Å²) in [6.07, 6.45) is 1.90. The van der Waals surface area contributed by atoms with Crippen LogP contribution in [0.15, 0.2) is 23.1 Å². The first-order chi connectivity index (χ1) is 9.71. The van der Waals surface area contributed by atoms with Crippen molar-refractivity contribution in [2.75, 3.05) is 0 Å². The first-order valence-corrected chi connectivity index (χ1v) is 8.55. The maximum Gasteiger partial charge on any atom is 0.289 e. The minimum atomic E-state index is -3.84. The van der Waals surface area contributed by atoms with E-state index in [0.717, 1.165) is 6.07 Å². The lowest BCUT2D eigenvalue weighted by Gasteiger charge is -2.31. The van der Waals surface area contributed by atoms with Crippen LogP contribution in [0.1, 0.15) is 40.0 Å². The van der Waals surface area contributed by atoms with Crippen molar-refractivity contribution < 1.29 is 13.3 Å². The van der Waals surface area contributed by atoms with Crippen molar-refractivity contribution in [1.82, 2.24) is 4.72 Å². The van der Waals surface area contributed by atoms with Crippen LogP contribution in [0.3, 0.4) is 0 Å². The summed E-state index contributed by atoms with van der Waals surface area (Å²) >= 11 is 5.70. The molecule has 1 rings (SSSR count). The molecule has 0 unspecified atom stereocenters. The van der Waals surface area contributed by atoms with Gasteiger partial charge in [-0.05, 0) is 31.4 Å². The molecule has 0 heterocycles. The normalized spacial score (nSPS) is 12.4. The molecule has 8 heteroatoms. The Hall–Kier alpha value is -1.18. The number of nitro benzene ring substituents is 1. The monoisotopic (exact) mass is 334 g/mol. The van der Waals surface area contributed by atoms with E-state index in [0.29, 0.717) is 19.3 Å². The van der Waals surface area contributed by atoms with Gasteiger partial charge in [-0.25, -0.2) is 13.1 Å². The number of nitrogens with zero attached hydrogens (tertiary/aromatic N) is 1. The predicted molar refractivity (Wildman–Crippen MR) is 82.0 cm³/mol. The van der Waals surface area contributed by atoms with Gasteiger partial charge in [0.15, 0.2) is 0 Å². The SMILES string of the molecule is CCC(CC)(CC)NS(=O)(=O)c1ccc(Cl)c([N+](=O)[O-])c1. The Labute approximate surface area is 129 Å². The van der Waals surface area contributed by atoms with Gasteiger partial charge in [-0.3, -0.25) is 10.1 Å². The molecule has 0 amide bonds. The van der Waals surface area contributed by atoms with Gasteiger partial charge in [-0.2, -0.15) is 0 Å². The summed E-state index contributed by atoms with van der Waals surface area (Å²) in [7, 11) is -3.84. The molecule has 1 aromatic rings. The summed E-state index contributed by atoms with van der Waals surface area (Å²) < 4.78 is 27.5. The summed E-state index contributed by atoms with van der Waals surface area (Å²) in [5.74, 6) is 0. The number of nitrogens with one attached hydrogen (secondary N) is 1. The van der Waals surface area contributed by atoms with E-state index >= 15 is 0 Å². The number of nitro groups is 1. The number of sulfonamides is 1. The molecule has 1 N–H and O–H groups in total. The molecular formula is C13H19ClN2O4S. The average Bonchev–Trinajstić information content (AvgIpc) is 2.44. The third-order valence-corrected chi connectivity index (χ3v) is 5.70. The zero-order valence-corrected chi connectivity index (χ0v) is 13.8. The fourth-order valence-electron chi connectivity index (χ4n) is 2.11. The number of benzene rings is 1. The van der Waals surface area contributed by atoms with Crippen LogP contribution in [0, 0.1) is 10.1 Å². The van der Waals surface area contributed by atoms with Crippen molar-refractivity contribution in [2.45, 2.75) is 50.5 Å². The zero-order valence-electron chi connectivity index (χ0n) is 12.2. The Kier molecular flexibility index (Phi) is 5.72. The van der Waals surface area contributed by atoms with E-state index in [4.69, 9.17) is 11.6 Å². The second-order valence-corrected chi connectivity index (χ2v) is 6.91. The Balaban J connectivity index is 3.26. The number of hydrogen-bond acceptors (Lipinski definition) is 4. The lowest BCUT2D eigenvalue weighted by atomic mass is 9.91. The summed E-state index contributed by atoms with van der Waals surface area (Å²) in [5, 5.41) is 10.8. The van der Waals surface area contributed by atoms with Crippen LogP contribution < -0.4 is 4.72 Å². The van der Waals surface area contributed by atoms with Gasteiger partial charge >= 0.3 is 0 Å². The first-order valence-electron chi connectivity index (χ1n) is 6.69. The minimum Gasteiger partial charge on any atom is -0.258 e. The van der Waals surface area contributed by atoms with Crippen LogP contribution in [0.5, 0.6) is 0 Å². The Bertz CT molecular complexity index is 619. The molecule has 0 fully saturated rings. The zero-order chi connectivity index (χ0) is 16.3. The van der Waals surface area contributed by atoms with Crippen LogP contribution in [0.25, 0.3) is 0 Å². The van der Waals surface area contributed by atoms with E-state index in [2.05, 4.69) is 4.72 Å². The van der Waals surface area contributed by atoms with Gasteiger partial charge in [0.25, 0.3) is 5.69 Å². The summed E-state index contributed by atoms with van der Waals surface area (Å²) in [6.45, 7) is 5.71. The third-order valence-electron chi connectivity index (χ3n) is 3.81. The second-order valence-electron chi connectivity index (χ2n) is 4.82. The summed E-state index contributed by atoms with van der Waals surface area (Å²) in [6, 6.07) is 3.47. The van der Waals surface area contributed by atoms with Crippen molar-refractivity contribution >= 4 is 27.3 Å². The summed E-state index contributed by atoms with van der Waals surface area (Å²) in [5.41, 5.74) is -0.970. The maximum atomic E-state index is 12.4. The highest BCUT2D eigenvalue weighted by atomic mass is 35.5. The molecule has 0 saturated carbocycles. The molecule has 0 bridgehead atoms. The van der Waals surface area contributed by atoms with Gasteiger partial charge in [-0.1, -0.05) is 32.4 Å². The fraction of sp³-hybridized carbons (Fsp3) is 0.538. The lowest BCUT2D eigenvalue weighted by molar-refractivity contribution is -0.384. The van der Waals surface area contributed by atoms with Gasteiger partial charge < -0.3 is 0 Å². The molecule has 0 aliphatic heterocycles. The minimum absolute atomic E-state index is 0.0910. The molecule has 0 atom stereocenters. The molecule has 21 heavy (non-hydrogen) atoms. The van der Waals surface area contributed by atoms with Crippen LogP contribution in [-0.4, -0.2) is 18.9 Å². The van der Waals surface area contributed by atoms with Crippen LogP contribution in [-0.2, 0) is 10.0 Å². The molecule has 1 aromatic carbocycles. The van der Waals surface area contributed by atoms with Gasteiger partial charge in [0.05, 0.1) is 9.82 Å². The smallest absolute Gasteiger partial charge is 0.258 e. The molecule has 6 nitrogen and oxygen atoms in total. The number of halogens is 1. The van der Waals surface area contributed by atoms with Crippen LogP contribution >= 0.6 is 11.6 Å². The quantitative estimate of drug-likeness (QED) is 0.610. The van der Waals surface area contributed by atoms with Crippen LogP contribution in [0.2, 0.25) is 5.02 Å². The van der Waals surface area contributed by atoms with Gasteiger partial charge in [0.1, 0.15) is 5.02 Å². The maximum absolute atomic E-state index is 12.4. The highest BCUT2D eigenvalue weighted by Crippen LogP contribution is 2.29. The highest BCUT2D eigenvalue weighted by Gasteiger charge is 2.31. The molecule has 118 valence electrons. The topological polar surface area (TPSA) is 89.3 Å². The number of rotatable bonds is 7. The van der Waals surface area contributed by atoms with Crippen molar-refractivity contribution in [1.29, 1.82) is 0 Å². The largest absolute Gasteiger partial charge is 0.289 e. The third kappa shape index (κ3) is 3.93. The molecular weight excluding hydrogens is 316 g/mol. The van der Waals surface area contributed by atoms with E-state index in [1.165, 1.54) is 12.1 Å². The summed E-state index contributed by atoms with van der Waals surface area (Å²) in [4.78, 5) is 10.0. The molecule has 0 spiro atoms. The van der Waals surface area contributed by atoms with E-state index in [1.54, 1.807) is 0 Å². The first kappa shape index (κ1) is 17.9. The number of hydrogen-bond donors (Lipinski definition) is 1. The van der Waals surface area contributed by atoms with E-state index in [9.17, 15) is 18.5 Å². The van der Waals surface area contributed by atoms with E-state index in [-0.39, 0.29) is 9.92 Å². The van der Waals surface area contributed by atoms with Crippen molar-refractivity contribution in [3.05, 3.63) is 33.3 Å². The Morgan fingerprint density at radius 2 is 1.76 bits per heavy atom. The average molecular weight is 335 g/mol. The second kappa shape index (κ2) is 6.72. The molecule has 0 aliphatic rings. The lowest BCUT2D eigenvalue weighted by Crippen LogP contribution is -2.46. The predicted octanol–water partition coefficient (Wildman–Crippen LogP) is 3.50. The molecule has 0 saturated heterocycles. The highest BCUT2D eigenvalue weighted by molar-refractivity contribution is 7.89. The van der Waals surface area contributed by atoms with Crippen molar-refractivity contribution in [2.24, 2.45) is 0 Å². The Morgan fingerprint density at radius 1 is 1.24 bits per heavy atom. The van der Waals surface area contributed by atoms with Gasteiger partial charge in [0, 0.05) is 11.6 Å². The molecule has 0 aliphatic carbocycles. The van der Waals surface area contributed by atoms with Crippen molar-refractivity contribution in [3.8, 4) is 0 Å². The molecule has 0 radical (unpaired) electrons. The van der Waals surface area contributed by atoms with E-state index < -0.39 is 26.2 Å². The fourth-order valence-corrected chi connectivity index (χ4v) is 3.93. The van der Waals surface area contributed by atoms with Crippen LogP contribution in [0.4, 0.5) is 5.69 Å². The van der Waals surface area contributed by atoms with E-state index in [1.807, 2.05) is 20.8 Å². The Morgan fingerprint density at radius 3 is 2.19 bits per heavy atom. The molecule has 0 aromatic heterocycles. The van der Waals surface area contributed by atoms with Gasteiger partial charge in [0.2, 0.25) is 10.0 Å². The standard InChI is InChI=1S/C13H19ClN2O4S/c1-4-13(5-2,6-3)15-21(19,20)10-7-8-11(14)12(9-10)16(17)18/h7-9,15H,4-6H2,1-3H3.